The lowest BCUT2D eigenvalue weighted by Crippen LogP contribution is -2.52. The Morgan fingerprint density at radius 3 is 2.47 bits per heavy atom. The molecule has 0 aliphatic rings. The van der Waals surface area contributed by atoms with Gasteiger partial charge in [-0.2, -0.15) is 0 Å². The molecule has 0 saturated heterocycles. The minimum absolute atomic E-state index is 0.0986. The van der Waals surface area contributed by atoms with Gasteiger partial charge in [-0.1, -0.05) is 30.3 Å². The highest BCUT2D eigenvalue weighted by Crippen LogP contribution is 2.24. The van der Waals surface area contributed by atoms with Crippen molar-refractivity contribution in [2.75, 3.05) is 0 Å². The second-order valence-corrected chi connectivity index (χ2v) is 7.13. The van der Waals surface area contributed by atoms with Gasteiger partial charge in [-0.15, -0.1) is 0 Å². The van der Waals surface area contributed by atoms with Crippen molar-refractivity contribution in [3.05, 3.63) is 75.6 Å². The molecular formula is C23H22NO6-. The highest BCUT2D eigenvalue weighted by molar-refractivity contribution is 5.86. The molecule has 7 nitrogen and oxygen atoms in total. The van der Waals surface area contributed by atoms with E-state index in [4.69, 9.17) is 9.15 Å². The molecule has 0 saturated carbocycles. The van der Waals surface area contributed by atoms with Crippen LogP contribution in [0.1, 0.15) is 23.6 Å². The Morgan fingerprint density at radius 1 is 1.10 bits per heavy atom. The second-order valence-electron chi connectivity index (χ2n) is 7.13. The number of hydrogen-bond donors (Lipinski definition) is 1. The molecule has 1 heterocycles. The molecule has 1 aromatic heterocycles. The van der Waals surface area contributed by atoms with E-state index in [1.807, 2.05) is 13.0 Å². The molecule has 0 unspecified atom stereocenters. The molecule has 0 fully saturated rings. The van der Waals surface area contributed by atoms with Gasteiger partial charge in [0.05, 0.1) is 12.0 Å². The third kappa shape index (κ3) is 4.68. The fraction of sp³-hybridized carbons (Fsp3) is 0.261. The van der Waals surface area contributed by atoms with Crippen molar-refractivity contribution in [3.63, 3.8) is 0 Å². The van der Waals surface area contributed by atoms with Crippen LogP contribution in [0.2, 0.25) is 0 Å². The Labute approximate surface area is 173 Å². The number of carbonyl (C=O) groups is 2. The van der Waals surface area contributed by atoms with Gasteiger partial charge in [-0.3, -0.25) is 4.79 Å². The summed E-state index contributed by atoms with van der Waals surface area (Å²) in [5, 5.41) is 14.7. The molecular weight excluding hydrogens is 386 g/mol. The molecule has 156 valence electrons. The van der Waals surface area contributed by atoms with E-state index >= 15 is 0 Å². The Balaban J connectivity index is 1.72. The van der Waals surface area contributed by atoms with Crippen LogP contribution in [0.4, 0.5) is 0 Å². The van der Waals surface area contributed by atoms with Gasteiger partial charge in [-0.25, -0.2) is 4.79 Å². The van der Waals surface area contributed by atoms with Crippen molar-refractivity contribution < 1.29 is 23.8 Å². The van der Waals surface area contributed by atoms with Crippen LogP contribution in [-0.2, 0) is 16.0 Å². The minimum atomic E-state index is -1.38. The summed E-state index contributed by atoms with van der Waals surface area (Å²) < 4.78 is 10.9. The standard InChI is InChI=1S/C23H23NO6/c1-13-14(2)23(28)30-20-12-17(9-10-18(13)20)29-15(3)21(25)24-19(22(26)27)11-16-7-5-4-6-8-16/h4-10,12,15,19H,11H2,1-3H3,(H,24,25)(H,26,27)/p-1/t15-,19+/m1/s1. The fourth-order valence-electron chi connectivity index (χ4n) is 3.09. The number of ether oxygens (including phenoxy) is 1. The van der Waals surface area contributed by atoms with Crippen LogP contribution in [0.3, 0.4) is 0 Å². The first-order valence-corrected chi connectivity index (χ1v) is 9.52. The maximum atomic E-state index is 12.5. The maximum Gasteiger partial charge on any atom is 0.339 e. The largest absolute Gasteiger partial charge is 0.548 e. The summed E-state index contributed by atoms with van der Waals surface area (Å²) in [5.74, 6) is -1.65. The molecule has 0 radical (unpaired) electrons. The molecule has 3 aromatic rings. The van der Waals surface area contributed by atoms with Crippen LogP contribution in [0, 0.1) is 13.8 Å². The predicted molar refractivity (Wildman–Crippen MR) is 109 cm³/mol. The summed E-state index contributed by atoms with van der Waals surface area (Å²) in [6.45, 7) is 5.03. The van der Waals surface area contributed by atoms with Gasteiger partial charge in [0.25, 0.3) is 5.91 Å². The first-order valence-electron chi connectivity index (χ1n) is 9.52. The molecule has 30 heavy (non-hydrogen) atoms. The number of aliphatic carboxylic acids is 1. The van der Waals surface area contributed by atoms with E-state index in [1.165, 1.54) is 13.0 Å². The van der Waals surface area contributed by atoms with E-state index < -0.39 is 29.6 Å². The SMILES string of the molecule is Cc1c(C)c2ccc(O[C@H](C)C(=O)N[C@@H](Cc3ccccc3)C(=O)[O-])cc2oc1=O. The molecule has 7 heteroatoms. The molecule has 0 bridgehead atoms. The van der Waals surface area contributed by atoms with Gasteiger partial charge in [0.1, 0.15) is 11.3 Å². The summed E-state index contributed by atoms with van der Waals surface area (Å²) >= 11 is 0. The lowest BCUT2D eigenvalue weighted by atomic mass is 10.1. The predicted octanol–water partition coefficient (Wildman–Crippen LogP) is 1.65. The Morgan fingerprint density at radius 2 is 1.80 bits per heavy atom. The number of nitrogens with one attached hydrogen (secondary N) is 1. The quantitative estimate of drug-likeness (QED) is 0.596. The summed E-state index contributed by atoms with van der Waals surface area (Å²) in [7, 11) is 0. The molecule has 0 aliphatic carbocycles. The lowest BCUT2D eigenvalue weighted by molar-refractivity contribution is -0.308. The zero-order chi connectivity index (χ0) is 21.8. The van der Waals surface area contributed by atoms with Gasteiger partial charge in [0.15, 0.2) is 6.10 Å². The normalized spacial score (nSPS) is 12.9. The molecule has 2 atom stereocenters. The number of carboxylic acid groups (broad SMARTS) is 1. The summed E-state index contributed by atoms with van der Waals surface area (Å²) in [5.41, 5.74) is 2.04. The van der Waals surface area contributed by atoms with Crippen LogP contribution in [0.15, 0.2) is 57.7 Å². The monoisotopic (exact) mass is 408 g/mol. The van der Waals surface area contributed by atoms with E-state index in [0.29, 0.717) is 16.9 Å². The topological polar surface area (TPSA) is 109 Å². The van der Waals surface area contributed by atoms with E-state index in [2.05, 4.69) is 5.32 Å². The Hall–Kier alpha value is -3.61. The van der Waals surface area contributed by atoms with Gasteiger partial charge in [-0.05, 0) is 50.5 Å². The highest BCUT2D eigenvalue weighted by atomic mass is 16.5. The lowest BCUT2D eigenvalue weighted by Gasteiger charge is -2.22. The minimum Gasteiger partial charge on any atom is -0.548 e. The molecule has 3 rings (SSSR count). The molecule has 2 aromatic carbocycles. The number of rotatable bonds is 7. The average Bonchev–Trinajstić information content (AvgIpc) is 2.72. The van der Waals surface area contributed by atoms with Gasteiger partial charge in [0.2, 0.25) is 0 Å². The number of carboxylic acids is 1. The van der Waals surface area contributed by atoms with Gasteiger partial charge >= 0.3 is 5.63 Å². The zero-order valence-corrected chi connectivity index (χ0v) is 16.9. The number of benzene rings is 2. The number of aryl methyl sites for hydroxylation is 1. The molecule has 0 aliphatic heterocycles. The van der Waals surface area contributed by atoms with Gasteiger partial charge in [0, 0.05) is 17.0 Å². The zero-order valence-electron chi connectivity index (χ0n) is 16.9. The van der Waals surface area contributed by atoms with E-state index in [0.717, 1.165) is 16.5 Å². The van der Waals surface area contributed by atoms with Crippen molar-refractivity contribution in [1.29, 1.82) is 0 Å². The van der Waals surface area contributed by atoms with Gasteiger partial charge < -0.3 is 24.4 Å². The summed E-state index contributed by atoms with van der Waals surface area (Å²) in [6, 6.07) is 12.7. The van der Waals surface area contributed by atoms with Crippen LogP contribution in [0.5, 0.6) is 5.75 Å². The highest BCUT2D eigenvalue weighted by Gasteiger charge is 2.21. The average molecular weight is 408 g/mol. The summed E-state index contributed by atoms with van der Waals surface area (Å²) in [4.78, 5) is 35.8. The Bertz CT molecular complexity index is 1140. The summed E-state index contributed by atoms with van der Waals surface area (Å²) in [6.07, 6.45) is -0.875. The fourth-order valence-corrected chi connectivity index (χ4v) is 3.09. The third-order valence-corrected chi connectivity index (χ3v) is 4.99. The van der Waals surface area contributed by atoms with Crippen LogP contribution in [0.25, 0.3) is 11.0 Å². The second kappa shape index (κ2) is 8.82. The van der Waals surface area contributed by atoms with Crippen LogP contribution in [-0.4, -0.2) is 24.0 Å². The number of amides is 1. The molecule has 1 amide bonds. The van der Waals surface area contributed by atoms with Crippen molar-refractivity contribution in [3.8, 4) is 5.75 Å². The Kier molecular flexibility index (Phi) is 6.20. The van der Waals surface area contributed by atoms with Crippen LogP contribution >= 0.6 is 0 Å². The van der Waals surface area contributed by atoms with E-state index in [-0.39, 0.29) is 6.42 Å². The number of fused-ring (bicyclic) bond motifs is 1. The van der Waals surface area contributed by atoms with Crippen molar-refractivity contribution >= 4 is 22.8 Å². The maximum absolute atomic E-state index is 12.5. The number of hydrogen-bond acceptors (Lipinski definition) is 6. The third-order valence-electron chi connectivity index (χ3n) is 4.99. The first kappa shape index (κ1) is 21.1. The number of carbonyl (C=O) groups excluding carboxylic acids is 2. The van der Waals surface area contributed by atoms with E-state index in [1.54, 1.807) is 43.3 Å². The van der Waals surface area contributed by atoms with E-state index in [9.17, 15) is 19.5 Å². The van der Waals surface area contributed by atoms with Crippen LogP contribution < -0.4 is 20.8 Å². The molecule has 0 spiro atoms. The first-order chi connectivity index (χ1) is 14.3. The molecule has 1 N–H and O–H groups in total. The van der Waals surface area contributed by atoms with Crippen molar-refractivity contribution in [2.45, 2.75) is 39.3 Å². The smallest absolute Gasteiger partial charge is 0.339 e. The van der Waals surface area contributed by atoms with Crippen molar-refractivity contribution in [1.82, 2.24) is 5.32 Å². The van der Waals surface area contributed by atoms with Crippen molar-refractivity contribution in [2.24, 2.45) is 0 Å².